The van der Waals surface area contributed by atoms with E-state index in [0.29, 0.717) is 6.61 Å². The predicted octanol–water partition coefficient (Wildman–Crippen LogP) is 4.71. The van der Waals surface area contributed by atoms with E-state index < -0.39 is 0 Å². The van der Waals surface area contributed by atoms with E-state index in [4.69, 9.17) is 4.74 Å². The van der Waals surface area contributed by atoms with E-state index in [2.05, 4.69) is 71.0 Å². The van der Waals surface area contributed by atoms with Gasteiger partial charge in [-0.1, -0.05) is 35.9 Å². The van der Waals surface area contributed by atoms with E-state index in [-0.39, 0.29) is 11.9 Å². The lowest BCUT2D eigenvalue weighted by Gasteiger charge is -2.31. The molecule has 2 aromatic carbocycles. The molecular formula is C24H28N2O2. The van der Waals surface area contributed by atoms with Crippen LogP contribution in [0.3, 0.4) is 0 Å². The fourth-order valence-electron chi connectivity index (χ4n) is 4.21. The Labute approximate surface area is 166 Å². The highest BCUT2D eigenvalue weighted by atomic mass is 16.5. The van der Waals surface area contributed by atoms with Gasteiger partial charge in [-0.05, 0) is 57.5 Å². The summed E-state index contributed by atoms with van der Waals surface area (Å²) in [6.45, 7) is 7.06. The normalized spacial score (nSPS) is 17.7. The van der Waals surface area contributed by atoms with Crippen LogP contribution in [0.2, 0.25) is 0 Å². The summed E-state index contributed by atoms with van der Waals surface area (Å²) >= 11 is 0. The first-order valence-electron chi connectivity index (χ1n) is 10.2. The lowest BCUT2D eigenvalue weighted by Crippen LogP contribution is -2.39. The maximum Gasteiger partial charge on any atom is 0.310 e. The van der Waals surface area contributed by atoms with Crippen LogP contribution in [0, 0.1) is 12.8 Å². The number of benzene rings is 2. The predicted molar refractivity (Wildman–Crippen MR) is 113 cm³/mol. The number of likely N-dealkylation sites (tertiary alicyclic amines) is 1. The summed E-state index contributed by atoms with van der Waals surface area (Å²) in [6, 6.07) is 19.5. The van der Waals surface area contributed by atoms with Gasteiger partial charge in [0.25, 0.3) is 0 Å². The zero-order chi connectivity index (χ0) is 19.5. The summed E-state index contributed by atoms with van der Waals surface area (Å²) in [5.74, 6) is -0.0582. The van der Waals surface area contributed by atoms with Crippen molar-refractivity contribution in [2.75, 3.05) is 19.7 Å². The molecule has 0 amide bonds. The number of carbonyl (C=O) groups is 1. The number of esters is 1. The van der Waals surface area contributed by atoms with E-state index in [1.54, 1.807) is 0 Å². The average Bonchev–Trinajstić information content (AvgIpc) is 3.07. The number of hydrogen-bond acceptors (Lipinski definition) is 3. The molecule has 0 spiro atoms. The van der Waals surface area contributed by atoms with Crippen LogP contribution in [-0.4, -0.2) is 35.1 Å². The fraction of sp³-hybridized carbons (Fsp3) is 0.375. The molecule has 1 fully saturated rings. The summed E-state index contributed by atoms with van der Waals surface area (Å²) in [6.07, 6.45) is 1.96. The van der Waals surface area contributed by atoms with Gasteiger partial charge >= 0.3 is 5.97 Å². The number of ether oxygens (including phenoxy) is 1. The summed E-state index contributed by atoms with van der Waals surface area (Å²) in [4.78, 5) is 14.6. The minimum absolute atomic E-state index is 0.00842. The van der Waals surface area contributed by atoms with Crippen molar-refractivity contribution in [2.45, 2.75) is 33.2 Å². The van der Waals surface area contributed by atoms with Crippen molar-refractivity contribution >= 4 is 16.9 Å². The monoisotopic (exact) mass is 376 g/mol. The van der Waals surface area contributed by atoms with E-state index in [9.17, 15) is 4.79 Å². The number of para-hydroxylation sites is 1. The second kappa shape index (κ2) is 8.19. The highest BCUT2D eigenvalue weighted by molar-refractivity contribution is 5.83. The van der Waals surface area contributed by atoms with Gasteiger partial charge in [0.15, 0.2) is 0 Å². The van der Waals surface area contributed by atoms with Crippen LogP contribution < -0.4 is 0 Å². The quantitative estimate of drug-likeness (QED) is 0.605. The van der Waals surface area contributed by atoms with Crippen LogP contribution in [0.4, 0.5) is 0 Å². The van der Waals surface area contributed by atoms with Gasteiger partial charge in [-0.25, -0.2) is 0 Å². The van der Waals surface area contributed by atoms with Crippen molar-refractivity contribution in [3.05, 3.63) is 65.9 Å². The topological polar surface area (TPSA) is 34.5 Å². The SMILES string of the molecule is CCOC(=O)C1CCCN(Cc2cc3ccccc3n2-c2ccc(C)cc2)C1. The Balaban J connectivity index is 1.64. The molecule has 0 N–H and O–H groups in total. The molecule has 4 heteroatoms. The fourth-order valence-corrected chi connectivity index (χ4v) is 4.21. The van der Waals surface area contributed by atoms with Gasteiger partial charge in [-0.15, -0.1) is 0 Å². The molecule has 0 saturated carbocycles. The van der Waals surface area contributed by atoms with E-state index in [1.807, 2.05) is 6.92 Å². The van der Waals surface area contributed by atoms with E-state index >= 15 is 0 Å². The zero-order valence-electron chi connectivity index (χ0n) is 16.7. The number of aromatic nitrogens is 1. The molecule has 1 atom stereocenters. The molecule has 4 nitrogen and oxygen atoms in total. The number of rotatable bonds is 5. The zero-order valence-corrected chi connectivity index (χ0v) is 16.7. The van der Waals surface area contributed by atoms with Crippen molar-refractivity contribution in [1.29, 1.82) is 0 Å². The Morgan fingerprint density at radius 3 is 2.71 bits per heavy atom. The first kappa shape index (κ1) is 18.8. The first-order valence-corrected chi connectivity index (χ1v) is 10.2. The van der Waals surface area contributed by atoms with Crippen molar-refractivity contribution in [2.24, 2.45) is 5.92 Å². The molecule has 2 heterocycles. The molecule has 0 aliphatic carbocycles. The van der Waals surface area contributed by atoms with Crippen LogP contribution >= 0.6 is 0 Å². The third-order valence-electron chi connectivity index (χ3n) is 5.59. The summed E-state index contributed by atoms with van der Waals surface area (Å²) in [7, 11) is 0. The largest absolute Gasteiger partial charge is 0.466 e. The molecule has 1 saturated heterocycles. The Hall–Kier alpha value is -2.59. The lowest BCUT2D eigenvalue weighted by molar-refractivity contribution is -0.150. The molecule has 0 bridgehead atoms. The standard InChI is InChI=1S/C24H28N2O2/c1-3-28-24(27)20-8-6-14-25(16-20)17-22-15-19-7-4-5-9-23(19)26(22)21-12-10-18(2)11-13-21/h4-5,7,9-13,15,20H,3,6,8,14,16-17H2,1-2H3. The molecule has 3 aromatic rings. The van der Waals surface area contributed by atoms with Crippen LogP contribution in [0.1, 0.15) is 31.0 Å². The Morgan fingerprint density at radius 2 is 1.93 bits per heavy atom. The molecule has 1 aliphatic heterocycles. The Bertz CT molecular complexity index is 958. The summed E-state index contributed by atoms with van der Waals surface area (Å²) < 4.78 is 7.61. The van der Waals surface area contributed by atoms with E-state index in [0.717, 1.165) is 32.5 Å². The van der Waals surface area contributed by atoms with Gasteiger partial charge in [0.2, 0.25) is 0 Å². The highest BCUT2D eigenvalue weighted by Crippen LogP contribution is 2.27. The molecule has 28 heavy (non-hydrogen) atoms. The van der Waals surface area contributed by atoms with Crippen LogP contribution in [0.25, 0.3) is 16.6 Å². The molecule has 0 radical (unpaired) electrons. The van der Waals surface area contributed by atoms with Crippen molar-refractivity contribution in [3.63, 3.8) is 0 Å². The van der Waals surface area contributed by atoms with Crippen LogP contribution in [0.5, 0.6) is 0 Å². The number of aryl methyl sites for hydroxylation is 1. The Kier molecular flexibility index (Phi) is 5.49. The molecule has 1 aliphatic rings. The van der Waals surface area contributed by atoms with Gasteiger partial charge in [-0.3, -0.25) is 9.69 Å². The Morgan fingerprint density at radius 1 is 1.14 bits per heavy atom. The number of piperidine rings is 1. The van der Waals surface area contributed by atoms with Gasteiger partial charge < -0.3 is 9.30 Å². The van der Waals surface area contributed by atoms with Crippen LogP contribution in [-0.2, 0) is 16.1 Å². The summed E-state index contributed by atoms with van der Waals surface area (Å²) in [5.41, 5.74) is 4.92. The summed E-state index contributed by atoms with van der Waals surface area (Å²) in [5, 5.41) is 1.25. The second-order valence-corrected chi connectivity index (χ2v) is 7.69. The van der Waals surface area contributed by atoms with Crippen LogP contribution in [0.15, 0.2) is 54.6 Å². The number of hydrogen-bond donors (Lipinski definition) is 0. The maximum atomic E-state index is 12.2. The lowest BCUT2D eigenvalue weighted by atomic mass is 9.98. The maximum absolute atomic E-state index is 12.2. The number of carbonyl (C=O) groups excluding carboxylic acids is 1. The van der Waals surface area contributed by atoms with Gasteiger partial charge in [0, 0.05) is 29.9 Å². The van der Waals surface area contributed by atoms with Crippen molar-refractivity contribution in [3.8, 4) is 5.69 Å². The number of nitrogens with zero attached hydrogens (tertiary/aromatic N) is 2. The molecule has 1 aromatic heterocycles. The molecule has 146 valence electrons. The highest BCUT2D eigenvalue weighted by Gasteiger charge is 2.27. The number of fused-ring (bicyclic) bond motifs is 1. The minimum atomic E-state index is -0.0497. The van der Waals surface area contributed by atoms with Crippen molar-refractivity contribution in [1.82, 2.24) is 9.47 Å². The third kappa shape index (κ3) is 3.83. The molecule has 1 unspecified atom stereocenters. The molecule has 4 rings (SSSR count). The first-order chi connectivity index (χ1) is 13.7. The smallest absolute Gasteiger partial charge is 0.310 e. The van der Waals surface area contributed by atoms with Gasteiger partial charge in [-0.2, -0.15) is 0 Å². The minimum Gasteiger partial charge on any atom is -0.466 e. The molecular weight excluding hydrogens is 348 g/mol. The van der Waals surface area contributed by atoms with Gasteiger partial charge in [0.05, 0.1) is 18.0 Å². The van der Waals surface area contributed by atoms with E-state index in [1.165, 1.54) is 27.8 Å². The second-order valence-electron chi connectivity index (χ2n) is 7.69. The van der Waals surface area contributed by atoms with Crippen molar-refractivity contribution < 1.29 is 9.53 Å². The third-order valence-corrected chi connectivity index (χ3v) is 5.59. The van der Waals surface area contributed by atoms with Gasteiger partial charge in [0.1, 0.15) is 0 Å². The average molecular weight is 377 g/mol.